The van der Waals surface area contributed by atoms with Gasteiger partial charge in [-0.05, 0) is 36.6 Å². The second-order valence-electron chi connectivity index (χ2n) is 8.94. The molecule has 3 aromatic rings. The minimum Gasteiger partial charge on any atom is -0.336 e. The van der Waals surface area contributed by atoms with Crippen LogP contribution in [0.3, 0.4) is 0 Å². The molecule has 0 saturated carbocycles. The van der Waals surface area contributed by atoms with Gasteiger partial charge in [-0.2, -0.15) is 0 Å². The van der Waals surface area contributed by atoms with E-state index in [0.717, 1.165) is 42.6 Å². The fourth-order valence-electron chi connectivity index (χ4n) is 4.63. The lowest BCUT2D eigenvalue weighted by Crippen LogP contribution is -2.50. The molecule has 0 bridgehead atoms. The Balaban J connectivity index is 1.38. The van der Waals surface area contributed by atoms with E-state index in [2.05, 4.69) is 35.0 Å². The van der Waals surface area contributed by atoms with E-state index in [1.807, 2.05) is 27.8 Å². The zero-order valence-corrected chi connectivity index (χ0v) is 19.6. The van der Waals surface area contributed by atoms with Gasteiger partial charge in [0.25, 0.3) is 0 Å². The number of carbonyl (C=O) groups is 2. The van der Waals surface area contributed by atoms with Gasteiger partial charge >= 0.3 is 0 Å². The number of piperazine rings is 1. The summed E-state index contributed by atoms with van der Waals surface area (Å²) in [7, 11) is 0. The van der Waals surface area contributed by atoms with E-state index < -0.39 is 0 Å². The smallest absolute Gasteiger partial charge is 0.237 e. The Morgan fingerprint density at radius 3 is 2.76 bits per heavy atom. The van der Waals surface area contributed by atoms with Crippen molar-refractivity contribution in [1.82, 2.24) is 19.4 Å². The van der Waals surface area contributed by atoms with Crippen molar-refractivity contribution in [2.24, 2.45) is 0 Å². The number of hydrogen-bond donors (Lipinski definition) is 0. The van der Waals surface area contributed by atoms with Gasteiger partial charge in [-0.15, -0.1) is 0 Å². The van der Waals surface area contributed by atoms with Gasteiger partial charge in [0.2, 0.25) is 5.91 Å². The molecule has 2 heterocycles. The van der Waals surface area contributed by atoms with Crippen LogP contribution in [0.15, 0.2) is 61.1 Å². The molecule has 1 fully saturated rings. The zero-order chi connectivity index (χ0) is 23.9. The van der Waals surface area contributed by atoms with Gasteiger partial charge in [-0.25, -0.2) is 9.37 Å². The Bertz CT molecular complexity index is 1130. The molecule has 1 saturated heterocycles. The summed E-state index contributed by atoms with van der Waals surface area (Å²) < 4.78 is 15.9. The predicted octanol–water partition coefficient (Wildman–Crippen LogP) is 3.79. The molecule has 1 aliphatic heterocycles. The third kappa shape index (κ3) is 5.97. The van der Waals surface area contributed by atoms with Gasteiger partial charge in [0.15, 0.2) is 0 Å². The topological polar surface area (TPSA) is 58.4 Å². The number of aromatic nitrogens is 2. The molecule has 1 unspecified atom stereocenters. The Kier molecular flexibility index (Phi) is 7.85. The van der Waals surface area contributed by atoms with E-state index >= 15 is 0 Å². The molecule has 0 spiro atoms. The maximum absolute atomic E-state index is 13.9. The van der Waals surface area contributed by atoms with Gasteiger partial charge < -0.3 is 14.3 Å². The van der Waals surface area contributed by atoms with Crippen LogP contribution >= 0.6 is 0 Å². The normalized spacial score (nSPS) is 15.5. The molecule has 0 aliphatic carbocycles. The third-order valence-corrected chi connectivity index (χ3v) is 6.41. The SMILES string of the molecule is Cc1cccc(CN2CCN(CCc3cncn3C(CCC=O)c3cccc(F)c3)CC2=O)c1. The molecule has 1 aromatic heterocycles. The monoisotopic (exact) mass is 462 g/mol. The van der Waals surface area contributed by atoms with E-state index in [-0.39, 0.29) is 17.8 Å². The van der Waals surface area contributed by atoms with Crippen molar-refractivity contribution in [3.63, 3.8) is 0 Å². The molecule has 2 aromatic carbocycles. The first kappa shape index (κ1) is 23.8. The molecule has 7 heteroatoms. The number of nitrogens with zero attached hydrogens (tertiary/aromatic N) is 4. The molecular formula is C27H31FN4O2. The first-order valence-electron chi connectivity index (χ1n) is 11.8. The first-order chi connectivity index (χ1) is 16.5. The molecular weight excluding hydrogens is 431 g/mol. The van der Waals surface area contributed by atoms with Crippen molar-refractivity contribution in [3.05, 3.63) is 89.3 Å². The maximum Gasteiger partial charge on any atom is 0.237 e. The highest BCUT2D eigenvalue weighted by atomic mass is 19.1. The summed E-state index contributed by atoms with van der Waals surface area (Å²) in [6, 6.07) is 14.6. The molecule has 4 rings (SSSR count). The second-order valence-corrected chi connectivity index (χ2v) is 8.94. The van der Waals surface area contributed by atoms with Gasteiger partial charge in [0.1, 0.15) is 12.1 Å². The third-order valence-electron chi connectivity index (χ3n) is 6.41. The van der Waals surface area contributed by atoms with Crippen LogP contribution in [0.4, 0.5) is 4.39 Å². The molecule has 1 atom stereocenters. The number of amides is 1. The lowest BCUT2D eigenvalue weighted by atomic mass is 10.0. The molecule has 0 radical (unpaired) electrons. The van der Waals surface area contributed by atoms with Crippen LogP contribution in [0, 0.1) is 12.7 Å². The first-order valence-corrected chi connectivity index (χ1v) is 11.8. The molecule has 34 heavy (non-hydrogen) atoms. The Labute approximate surface area is 200 Å². The second kappa shape index (κ2) is 11.2. The molecule has 1 amide bonds. The van der Waals surface area contributed by atoms with Crippen molar-refractivity contribution < 1.29 is 14.0 Å². The summed E-state index contributed by atoms with van der Waals surface area (Å²) >= 11 is 0. The van der Waals surface area contributed by atoms with Crippen LogP contribution in [0.25, 0.3) is 0 Å². The lowest BCUT2D eigenvalue weighted by Gasteiger charge is -2.34. The average molecular weight is 463 g/mol. The Morgan fingerprint density at radius 1 is 1.15 bits per heavy atom. The highest BCUT2D eigenvalue weighted by Crippen LogP contribution is 2.26. The summed E-state index contributed by atoms with van der Waals surface area (Å²) in [6.45, 7) is 5.37. The summed E-state index contributed by atoms with van der Waals surface area (Å²) in [6.07, 6.45) is 6.15. The Morgan fingerprint density at radius 2 is 2.00 bits per heavy atom. The van der Waals surface area contributed by atoms with Crippen molar-refractivity contribution in [2.45, 2.75) is 38.8 Å². The van der Waals surface area contributed by atoms with Gasteiger partial charge in [-0.3, -0.25) is 9.69 Å². The summed E-state index contributed by atoms with van der Waals surface area (Å²) in [5, 5.41) is 0. The summed E-state index contributed by atoms with van der Waals surface area (Å²) in [5.74, 6) is -0.151. The largest absolute Gasteiger partial charge is 0.336 e. The van der Waals surface area contributed by atoms with Crippen LogP contribution in [-0.2, 0) is 22.6 Å². The number of benzene rings is 2. The van der Waals surface area contributed by atoms with E-state index in [9.17, 15) is 14.0 Å². The van der Waals surface area contributed by atoms with Crippen LogP contribution in [0.2, 0.25) is 0 Å². The average Bonchev–Trinajstić information content (AvgIpc) is 3.28. The fraction of sp³-hybridized carbons (Fsp3) is 0.370. The summed E-state index contributed by atoms with van der Waals surface area (Å²) in [4.78, 5) is 32.2. The van der Waals surface area contributed by atoms with Gasteiger partial charge in [-0.1, -0.05) is 42.0 Å². The van der Waals surface area contributed by atoms with Crippen LogP contribution < -0.4 is 0 Å². The van der Waals surface area contributed by atoms with E-state index in [0.29, 0.717) is 32.5 Å². The van der Waals surface area contributed by atoms with E-state index in [1.54, 1.807) is 12.4 Å². The minimum absolute atomic E-state index is 0.143. The van der Waals surface area contributed by atoms with Crippen molar-refractivity contribution in [3.8, 4) is 0 Å². The molecule has 0 N–H and O–H groups in total. The molecule has 6 nitrogen and oxygen atoms in total. The van der Waals surface area contributed by atoms with Gasteiger partial charge in [0, 0.05) is 50.9 Å². The quantitative estimate of drug-likeness (QED) is 0.430. The number of carbonyl (C=O) groups excluding carboxylic acids is 2. The lowest BCUT2D eigenvalue weighted by molar-refractivity contribution is -0.136. The van der Waals surface area contributed by atoms with Crippen molar-refractivity contribution in [1.29, 1.82) is 0 Å². The number of imidazole rings is 1. The highest BCUT2D eigenvalue weighted by Gasteiger charge is 2.24. The number of halogens is 1. The van der Waals surface area contributed by atoms with Crippen LogP contribution in [-0.4, -0.2) is 57.7 Å². The van der Waals surface area contributed by atoms with E-state index in [1.165, 1.54) is 17.7 Å². The number of aryl methyl sites for hydroxylation is 1. The van der Waals surface area contributed by atoms with E-state index in [4.69, 9.17) is 0 Å². The number of hydrogen-bond acceptors (Lipinski definition) is 4. The standard InChI is InChI=1S/C27H31FN4O2/c1-21-5-2-6-22(15-21)18-31-13-12-30(19-27(31)34)11-10-25-17-29-20-32(25)26(9-4-14-33)23-7-3-8-24(28)16-23/h2-3,5-8,14-17,20,26H,4,9-13,18-19H2,1H3. The van der Waals surface area contributed by atoms with Crippen molar-refractivity contribution >= 4 is 12.2 Å². The van der Waals surface area contributed by atoms with Crippen LogP contribution in [0.1, 0.15) is 41.3 Å². The number of rotatable bonds is 10. The summed E-state index contributed by atoms with van der Waals surface area (Å²) in [5.41, 5.74) is 4.19. The van der Waals surface area contributed by atoms with Crippen molar-refractivity contribution in [2.75, 3.05) is 26.2 Å². The number of aldehydes is 1. The van der Waals surface area contributed by atoms with Gasteiger partial charge in [0.05, 0.1) is 18.9 Å². The fourth-order valence-corrected chi connectivity index (χ4v) is 4.63. The molecule has 178 valence electrons. The minimum atomic E-state index is -0.294. The molecule has 1 aliphatic rings. The highest BCUT2D eigenvalue weighted by molar-refractivity contribution is 5.79. The van der Waals surface area contributed by atoms with Crippen LogP contribution in [0.5, 0.6) is 0 Å². The Hall–Kier alpha value is -3.32. The zero-order valence-electron chi connectivity index (χ0n) is 19.6. The predicted molar refractivity (Wildman–Crippen MR) is 129 cm³/mol. The maximum atomic E-state index is 13.9.